The molecule has 2 aromatic carbocycles. The minimum Gasteiger partial charge on any atom is -0.508 e. The standard InChI is InChI=1S/C30H37ClN2O6/c1-13-15-12-17-22(33(8)9)24(35)21(27(38)32-29(5,6)7)26(37)30(17,39)25(36)20(15)23(34)16-10-14(28(2,3)4)11-18(31)19(13)16/h10-11,17,22,34,37,39H,12H2,1-9H3,(H,32,38). The van der Waals surface area contributed by atoms with Crippen LogP contribution in [0.15, 0.2) is 23.5 Å². The highest BCUT2D eigenvalue weighted by Gasteiger charge is 2.62. The van der Waals surface area contributed by atoms with Gasteiger partial charge in [-0.1, -0.05) is 32.4 Å². The van der Waals surface area contributed by atoms with Crippen molar-refractivity contribution in [2.24, 2.45) is 5.92 Å². The lowest BCUT2D eigenvalue weighted by Gasteiger charge is -2.47. The van der Waals surface area contributed by atoms with Crippen LogP contribution in [0.25, 0.3) is 10.8 Å². The van der Waals surface area contributed by atoms with E-state index < -0.39 is 51.9 Å². The Bertz CT molecular complexity index is 1480. The molecular formula is C30H37ClN2O6. The van der Waals surface area contributed by atoms with Gasteiger partial charge in [0.1, 0.15) is 17.1 Å². The fraction of sp³-hybridized carbons (Fsp3) is 0.500. The molecule has 0 bridgehead atoms. The van der Waals surface area contributed by atoms with Gasteiger partial charge in [0, 0.05) is 27.3 Å². The maximum Gasteiger partial charge on any atom is 0.258 e. The summed E-state index contributed by atoms with van der Waals surface area (Å²) < 4.78 is 0. The SMILES string of the molecule is Cc1c2c(c(O)c3cc(C(C)(C)C)cc(Cl)c13)C(=O)C1(O)C(O)=C(C(=O)NC(C)(C)C)C(=O)C(N(C)C)C1C2. The molecule has 39 heavy (non-hydrogen) atoms. The number of halogens is 1. The summed E-state index contributed by atoms with van der Waals surface area (Å²) >= 11 is 6.72. The van der Waals surface area contributed by atoms with E-state index in [9.17, 15) is 29.7 Å². The number of carbonyl (C=O) groups excluding carboxylic acids is 3. The van der Waals surface area contributed by atoms with Gasteiger partial charge in [-0.2, -0.15) is 0 Å². The Morgan fingerprint density at radius 3 is 2.21 bits per heavy atom. The fourth-order valence-corrected chi connectivity index (χ4v) is 6.29. The molecule has 4 N–H and O–H groups in total. The van der Waals surface area contributed by atoms with E-state index in [1.807, 2.05) is 26.8 Å². The quantitative estimate of drug-likeness (QED) is 0.410. The zero-order valence-electron chi connectivity index (χ0n) is 23.9. The second-order valence-electron chi connectivity index (χ2n) is 13.1. The van der Waals surface area contributed by atoms with Gasteiger partial charge in [0.25, 0.3) is 5.91 Å². The molecule has 0 fully saturated rings. The number of amides is 1. The number of hydrogen-bond donors (Lipinski definition) is 4. The van der Waals surface area contributed by atoms with Crippen LogP contribution in [0.5, 0.6) is 5.75 Å². The van der Waals surface area contributed by atoms with Crippen LogP contribution in [0.3, 0.4) is 0 Å². The van der Waals surface area contributed by atoms with E-state index in [1.165, 1.54) is 4.90 Å². The van der Waals surface area contributed by atoms with Gasteiger partial charge < -0.3 is 20.6 Å². The molecule has 2 aliphatic rings. The Labute approximate surface area is 233 Å². The Morgan fingerprint density at radius 2 is 1.69 bits per heavy atom. The summed E-state index contributed by atoms with van der Waals surface area (Å²) in [6, 6.07) is 2.52. The van der Waals surface area contributed by atoms with E-state index in [0.29, 0.717) is 26.9 Å². The first-order valence-electron chi connectivity index (χ1n) is 13.0. The Morgan fingerprint density at radius 1 is 1.10 bits per heavy atom. The van der Waals surface area contributed by atoms with Crippen molar-refractivity contribution in [3.8, 4) is 5.75 Å². The first-order chi connectivity index (χ1) is 17.7. The third-order valence-electron chi connectivity index (χ3n) is 7.88. The lowest BCUT2D eigenvalue weighted by Crippen LogP contribution is -2.65. The first kappa shape index (κ1) is 29.1. The Kier molecular flexibility index (Phi) is 6.74. The summed E-state index contributed by atoms with van der Waals surface area (Å²) in [7, 11) is 3.22. The van der Waals surface area contributed by atoms with Crippen molar-refractivity contribution in [1.82, 2.24) is 10.2 Å². The van der Waals surface area contributed by atoms with E-state index in [1.54, 1.807) is 47.9 Å². The summed E-state index contributed by atoms with van der Waals surface area (Å²) in [5.74, 6) is -5.02. The van der Waals surface area contributed by atoms with Crippen molar-refractivity contribution in [3.63, 3.8) is 0 Å². The van der Waals surface area contributed by atoms with Crippen molar-refractivity contribution in [3.05, 3.63) is 50.7 Å². The molecule has 8 nitrogen and oxygen atoms in total. The van der Waals surface area contributed by atoms with Gasteiger partial charge in [-0.05, 0) is 82.4 Å². The van der Waals surface area contributed by atoms with Crippen molar-refractivity contribution < 1.29 is 29.7 Å². The van der Waals surface area contributed by atoms with E-state index in [-0.39, 0.29) is 23.1 Å². The second kappa shape index (κ2) is 9.04. The molecule has 2 aromatic rings. The van der Waals surface area contributed by atoms with Crippen LogP contribution in [0.4, 0.5) is 0 Å². The van der Waals surface area contributed by atoms with Gasteiger partial charge in [0.2, 0.25) is 5.78 Å². The molecule has 0 saturated heterocycles. The number of phenols is 1. The highest BCUT2D eigenvalue weighted by Crippen LogP contribution is 2.51. The maximum absolute atomic E-state index is 14.2. The van der Waals surface area contributed by atoms with Crippen LogP contribution in [-0.2, 0) is 21.4 Å². The highest BCUT2D eigenvalue weighted by molar-refractivity contribution is 6.36. The highest BCUT2D eigenvalue weighted by atomic mass is 35.5. The molecule has 0 heterocycles. The maximum atomic E-state index is 14.2. The van der Waals surface area contributed by atoms with Gasteiger partial charge in [-0.25, -0.2) is 0 Å². The van der Waals surface area contributed by atoms with Crippen LogP contribution >= 0.6 is 11.6 Å². The molecule has 0 aliphatic heterocycles. The number of aliphatic hydroxyl groups is 2. The summed E-state index contributed by atoms with van der Waals surface area (Å²) in [6.45, 7) is 12.9. The number of aromatic hydroxyl groups is 1. The summed E-state index contributed by atoms with van der Waals surface area (Å²) in [6.07, 6.45) is -0.0168. The summed E-state index contributed by atoms with van der Waals surface area (Å²) in [5, 5.41) is 38.8. The van der Waals surface area contributed by atoms with E-state index >= 15 is 0 Å². The van der Waals surface area contributed by atoms with Gasteiger partial charge >= 0.3 is 0 Å². The number of aliphatic hydroxyl groups excluding tert-OH is 1. The molecule has 210 valence electrons. The molecule has 9 heteroatoms. The number of aryl methyl sites for hydroxylation is 1. The van der Waals surface area contributed by atoms with Crippen LogP contribution in [0, 0.1) is 12.8 Å². The Hall–Kier alpha value is -2.94. The number of likely N-dealkylation sites (N-methyl/N-ethyl adjacent to an activating group) is 1. The molecular weight excluding hydrogens is 520 g/mol. The van der Waals surface area contributed by atoms with Gasteiger partial charge in [-0.3, -0.25) is 19.3 Å². The number of benzene rings is 2. The number of phenolic OH excluding ortho intramolecular Hbond substituents is 1. The molecule has 0 saturated carbocycles. The number of carbonyl (C=O) groups is 3. The van der Waals surface area contributed by atoms with E-state index in [2.05, 4.69) is 5.32 Å². The lowest BCUT2D eigenvalue weighted by molar-refractivity contribution is -0.133. The zero-order chi connectivity index (χ0) is 29.6. The van der Waals surface area contributed by atoms with E-state index in [0.717, 1.165) is 5.56 Å². The predicted octanol–water partition coefficient (Wildman–Crippen LogP) is 4.13. The molecule has 2 aliphatic carbocycles. The number of nitrogens with one attached hydrogen (secondary N) is 1. The van der Waals surface area contributed by atoms with Crippen LogP contribution in [0.2, 0.25) is 5.02 Å². The van der Waals surface area contributed by atoms with Crippen LogP contribution in [-0.4, -0.2) is 69.0 Å². The molecule has 0 radical (unpaired) electrons. The number of ketones is 2. The van der Waals surface area contributed by atoms with Gasteiger partial charge in [0.15, 0.2) is 11.4 Å². The van der Waals surface area contributed by atoms with Crippen molar-refractivity contribution in [2.75, 3.05) is 14.1 Å². The van der Waals surface area contributed by atoms with E-state index in [4.69, 9.17) is 11.6 Å². The number of fused-ring (bicyclic) bond motifs is 3. The molecule has 1 amide bonds. The average molecular weight is 557 g/mol. The van der Waals surface area contributed by atoms with Crippen molar-refractivity contribution in [1.29, 1.82) is 0 Å². The molecule has 3 atom stereocenters. The minimum atomic E-state index is -2.61. The molecule has 4 rings (SSSR count). The van der Waals surface area contributed by atoms with Crippen LogP contribution < -0.4 is 5.32 Å². The normalized spacial score (nSPS) is 23.8. The third-order valence-corrected chi connectivity index (χ3v) is 8.18. The average Bonchev–Trinajstić information content (AvgIpc) is 2.77. The van der Waals surface area contributed by atoms with Gasteiger partial charge in [-0.15, -0.1) is 0 Å². The topological polar surface area (TPSA) is 127 Å². The van der Waals surface area contributed by atoms with Crippen molar-refractivity contribution >= 4 is 39.8 Å². The lowest BCUT2D eigenvalue weighted by atomic mass is 9.61. The summed E-state index contributed by atoms with van der Waals surface area (Å²) in [4.78, 5) is 42.6. The third kappa shape index (κ3) is 4.33. The zero-order valence-corrected chi connectivity index (χ0v) is 24.7. The summed E-state index contributed by atoms with van der Waals surface area (Å²) in [5.41, 5.74) is -2.54. The number of rotatable bonds is 2. The second-order valence-corrected chi connectivity index (χ2v) is 13.5. The van der Waals surface area contributed by atoms with Gasteiger partial charge in [0.05, 0.1) is 11.6 Å². The number of nitrogens with zero attached hydrogens (tertiary/aromatic N) is 1. The molecule has 0 aromatic heterocycles. The predicted molar refractivity (Wildman–Crippen MR) is 151 cm³/mol. The first-order valence-corrected chi connectivity index (χ1v) is 13.3. The smallest absolute Gasteiger partial charge is 0.258 e. The molecule has 0 spiro atoms. The fourth-order valence-electron chi connectivity index (χ4n) is 5.93. The van der Waals surface area contributed by atoms with Crippen molar-refractivity contribution in [2.45, 2.75) is 77.5 Å². The minimum absolute atomic E-state index is 0.0168. The Balaban J connectivity index is 2.05. The largest absolute Gasteiger partial charge is 0.508 e. The monoisotopic (exact) mass is 556 g/mol. The van der Waals surface area contributed by atoms with Crippen LogP contribution in [0.1, 0.15) is 68.6 Å². The number of Topliss-reactive ketones (excluding diaryl/α,β-unsaturated/α-hetero) is 2. The molecule has 3 unspecified atom stereocenters. The number of hydrogen-bond acceptors (Lipinski definition) is 7.